The number of rotatable bonds is 4. The molecule has 0 aliphatic rings. The summed E-state index contributed by atoms with van der Waals surface area (Å²) in [4.78, 5) is 36.2. The number of hydrogen-bond acceptors (Lipinski definition) is 5. The minimum absolute atomic E-state index is 0.265. The molecule has 0 radical (unpaired) electrons. The van der Waals surface area contributed by atoms with Gasteiger partial charge in [0, 0.05) is 15.4 Å². The van der Waals surface area contributed by atoms with Crippen LogP contribution in [0.1, 0.15) is 20.7 Å². The number of esters is 1. The molecule has 0 saturated carbocycles. The molecule has 0 bridgehead atoms. The lowest BCUT2D eigenvalue weighted by Crippen LogP contribution is -2.20. The summed E-state index contributed by atoms with van der Waals surface area (Å²) < 4.78 is 11.5. The van der Waals surface area contributed by atoms with Crippen LogP contribution in [0.5, 0.6) is 0 Å². The number of carbonyl (C=O) groups is 2. The zero-order valence-electron chi connectivity index (χ0n) is 12.6. The van der Waals surface area contributed by atoms with E-state index in [0.717, 1.165) is 4.47 Å². The highest BCUT2D eigenvalue weighted by Gasteiger charge is 2.18. The van der Waals surface area contributed by atoms with Gasteiger partial charge in [-0.05, 0) is 34.1 Å². The van der Waals surface area contributed by atoms with Gasteiger partial charge in [0.25, 0.3) is 0 Å². The Kier molecular flexibility index (Phi) is 5.15. The Morgan fingerprint density at radius 2 is 1.76 bits per heavy atom. The summed E-state index contributed by atoms with van der Waals surface area (Å²) in [5.41, 5.74) is -0.343. The van der Waals surface area contributed by atoms with Gasteiger partial charge in [0.1, 0.15) is 5.56 Å². The second-order valence-electron chi connectivity index (χ2n) is 5.12. The summed E-state index contributed by atoms with van der Waals surface area (Å²) in [6, 6.07) is 13.2. The van der Waals surface area contributed by atoms with E-state index in [1.54, 1.807) is 42.5 Å². The lowest BCUT2D eigenvalue weighted by molar-refractivity contribution is 0.0470. The first kappa shape index (κ1) is 17.6. The van der Waals surface area contributed by atoms with Crippen molar-refractivity contribution in [1.29, 1.82) is 0 Å². The van der Waals surface area contributed by atoms with Crippen LogP contribution in [0.25, 0.3) is 11.0 Å². The van der Waals surface area contributed by atoms with Crippen molar-refractivity contribution in [3.63, 3.8) is 0 Å². The molecule has 0 fully saturated rings. The van der Waals surface area contributed by atoms with E-state index >= 15 is 0 Å². The zero-order chi connectivity index (χ0) is 18.0. The van der Waals surface area contributed by atoms with Crippen molar-refractivity contribution >= 4 is 54.6 Å². The van der Waals surface area contributed by atoms with Gasteiger partial charge in [-0.15, -0.1) is 0 Å². The number of halogens is 2. The van der Waals surface area contributed by atoms with Crippen LogP contribution >= 0.6 is 31.9 Å². The normalized spacial score (nSPS) is 10.6. The molecule has 0 amide bonds. The molecular weight excluding hydrogens is 456 g/mol. The smallest absolute Gasteiger partial charge is 0.351 e. The average molecular weight is 466 g/mol. The van der Waals surface area contributed by atoms with Gasteiger partial charge in [-0.2, -0.15) is 0 Å². The van der Waals surface area contributed by atoms with E-state index in [1.807, 2.05) is 0 Å². The van der Waals surface area contributed by atoms with Gasteiger partial charge in [-0.1, -0.05) is 46.3 Å². The highest BCUT2D eigenvalue weighted by molar-refractivity contribution is 9.11. The number of benzene rings is 2. The Morgan fingerprint density at radius 1 is 1.04 bits per heavy atom. The molecular formula is C18H10Br2O5. The molecule has 0 spiro atoms. The van der Waals surface area contributed by atoms with Crippen LogP contribution in [0.4, 0.5) is 0 Å². The van der Waals surface area contributed by atoms with Crippen molar-refractivity contribution in [3.05, 3.63) is 79.0 Å². The molecule has 0 atom stereocenters. The SMILES string of the molecule is O=C(COC(=O)c1cc2cc(Br)cc(Br)c2oc1=O)c1ccccc1. The van der Waals surface area contributed by atoms with Crippen molar-refractivity contribution in [3.8, 4) is 0 Å². The standard InChI is InChI=1S/C18H10Br2O5/c19-12-6-11-7-13(18(23)25-16(11)14(20)8-12)17(22)24-9-15(21)10-4-2-1-3-5-10/h1-8H,9H2. The van der Waals surface area contributed by atoms with E-state index in [4.69, 9.17) is 9.15 Å². The van der Waals surface area contributed by atoms with Crippen LogP contribution in [0, 0.1) is 0 Å². The molecule has 1 aromatic heterocycles. The number of ketones is 1. The average Bonchev–Trinajstić information content (AvgIpc) is 2.60. The van der Waals surface area contributed by atoms with Crippen LogP contribution in [-0.2, 0) is 4.74 Å². The predicted molar refractivity (Wildman–Crippen MR) is 98.9 cm³/mol. The molecule has 0 N–H and O–H groups in total. The largest absolute Gasteiger partial charge is 0.453 e. The Morgan fingerprint density at radius 3 is 2.48 bits per heavy atom. The summed E-state index contributed by atoms with van der Waals surface area (Å²) in [6.07, 6.45) is 0. The summed E-state index contributed by atoms with van der Waals surface area (Å²) >= 11 is 6.62. The fourth-order valence-electron chi connectivity index (χ4n) is 2.22. The van der Waals surface area contributed by atoms with Crippen molar-refractivity contribution in [2.75, 3.05) is 6.61 Å². The summed E-state index contributed by atoms with van der Waals surface area (Å²) in [6.45, 7) is -0.456. The first-order valence-electron chi connectivity index (χ1n) is 7.14. The van der Waals surface area contributed by atoms with Gasteiger partial charge in [-0.3, -0.25) is 4.79 Å². The lowest BCUT2D eigenvalue weighted by atomic mass is 10.1. The van der Waals surface area contributed by atoms with Gasteiger partial charge in [0.2, 0.25) is 0 Å². The Balaban J connectivity index is 1.84. The Hall–Kier alpha value is -2.25. The molecule has 3 rings (SSSR count). The van der Waals surface area contributed by atoms with E-state index in [2.05, 4.69) is 31.9 Å². The number of carbonyl (C=O) groups excluding carboxylic acids is 2. The Labute approximate surface area is 158 Å². The van der Waals surface area contributed by atoms with Gasteiger partial charge in [0.15, 0.2) is 18.0 Å². The molecule has 7 heteroatoms. The molecule has 0 saturated heterocycles. The minimum atomic E-state index is -0.906. The number of Topliss-reactive ketones (excluding diaryl/α,β-unsaturated/α-hetero) is 1. The molecule has 0 unspecified atom stereocenters. The summed E-state index contributed by atoms with van der Waals surface area (Å²) in [5, 5.41) is 0.544. The van der Waals surface area contributed by atoms with Crippen molar-refractivity contribution in [2.45, 2.75) is 0 Å². The zero-order valence-corrected chi connectivity index (χ0v) is 15.8. The highest BCUT2D eigenvalue weighted by Crippen LogP contribution is 2.28. The molecule has 2 aromatic carbocycles. The maximum atomic E-state index is 12.2. The lowest BCUT2D eigenvalue weighted by Gasteiger charge is -2.06. The van der Waals surface area contributed by atoms with Crippen LogP contribution in [0.15, 0.2) is 66.7 Å². The molecule has 1 heterocycles. The molecule has 5 nitrogen and oxygen atoms in total. The predicted octanol–water partition coefficient (Wildman–Crippen LogP) is 4.36. The van der Waals surface area contributed by atoms with Gasteiger partial charge >= 0.3 is 11.6 Å². The first-order chi connectivity index (χ1) is 12.0. The number of ether oxygens (including phenoxy) is 1. The van der Waals surface area contributed by atoms with Crippen LogP contribution in [0.3, 0.4) is 0 Å². The van der Waals surface area contributed by atoms with E-state index in [1.165, 1.54) is 6.07 Å². The maximum absolute atomic E-state index is 12.2. The van der Waals surface area contributed by atoms with E-state index in [-0.39, 0.29) is 11.3 Å². The molecule has 0 aliphatic heterocycles. The topological polar surface area (TPSA) is 73.6 Å². The van der Waals surface area contributed by atoms with Crippen LogP contribution < -0.4 is 5.63 Å². The van der Waals surface area contributed by atoms with E-state index in [0.29, 0.717) is 21.0 Å². The minimum Gasteiger partial charge on any atom is -0.453 e. The van der Waals surface area contributed by atoms with Crippen LogP contribution in [-0.4, -0.2) is 18.4 Å². The molecule has 3 aromatic rings. The fourth-order valence-corrected chi connectivity index (χ4v) is 3.55. The van der Waals surface area contributed by atoms with Gasteiger partial charge in [0.05, 0.1) is 4.47 Å². The fraction of sp³-hybridized carbons (Fsp3) is 0.0556. The van der Waals surface area contributed by atoms with E-state index < -0.39 is 18.2 Å². The van der Waals surface area contributed by atoms with Crippen molar-refractivity contribution in [2.24, 2.45) is 0 Å². The monoisotopic (exact) mass is 464 g/mol. The second-order valence-corrected chi connectivity index (χ2v) is 6.89. The van der Waals surface area contributed by atoms with E-state index in [9.17, 15) is 14.4 Å². The molecule has 0 aliphatic carbocycles. The Bertz CT molecular complexity index is 1020. The van der Waals surface area contributed by atoms with Crippen molar-refractivity contribution < 1.29 is 18.7 Å². The third-order valence-electron chi connectivity index (χ3n) is 3.40. The number of hydrogen-bond donors (Lipinski definition) is 0. The summed E-state index contributed by atoms with van der Waals surface area (Å²) in [7, 11) is 0. The molecule has 126 valence electrons. The summed E-state index contributed by atoms with van der Waals surface area (Å²) in [5.74, 6) is -1.26. The van der Waals surface area contributed by atoms with Crippen LogP contribution in [0.2, 0.25) is 0 Å². The number of fused-ring (bicyclic) bond motifs is 1. The van der Waals surface area contributed by atoms with Gasteiger partial charge in [-0.25, -0.2) is 9.59 Å². The highest BCUT2D eigenvalue weighted by atomic mass is 79.9. The van der Waals surface area contributed by atoms with Crippen molar-refractivity contribution in [1.82, 2.24) is 0 Å². The third-order valence-corrected chi connectivity index (χ3v) is 4.45. The third kappa shape index (κ3) is 3.88. The first-order valence-corrected chi connectivity index (χ1v) is 8.72. The quantitative estimate of drug-likeness (QED) is 0.325. The second kappa shape index (κ2) is 7.33. The van der Waals surface area contributed by atoms with Gasteiger partial charge < -0.3 is 9.15 Å². The molecule has 25 heavy (non-hydrogen) atoms. The maximum Gasteiger partial charge on any atom is 0.351 e.